The number of para-hydroxylation sites is 1. The summed E-state index contributed by atoms with van der Waals surface area (Å²) in [6.45, 7) is 4.63. The predicted octanol–water partition coefficient (Wildman–Crippen LogP) is 2.51. The van der Waals surface area contributed by atoms with E-state index in [1.54, 1.807) is 7.11 Å². The van der Waals surface area contributed by atoms with Crippen LogP contribution in [0.5, 0.6) is 5.75 Å². The lowest BCUT2D eigenvalue weighted by atomic mass is 10.0. The van der Waals surface area contributed by atoms with E-state index in [0.717, 1.165) is 17.7 Å². The number of hydrogen-bond donors (Lipinski definition) is 1. The van der Waals surface area contributed by atoms with Crippen LogP contribution in [0.15, 0.2) is 24.3 Å². The Morgan fingerprint density at radius 3 is 2.62 bits per heavy atom. The van der Waals surface area contributed by atoms with Gasteiger partial charge < -0.3 is 15.2 Å². The third kappa shape index (κ3) is 3.51. The standard InChI is InChI=1S/C13H21NO2/c1-4-12(14)11-7-5-6-8-13(11)16-10(2)9-15-3/h5-8,10,12H,4,9,14H2,1-3H3/t10?,12-/m0/s1. The van der Waals surface area contributed by atoms with E-state index in [2.05, 4.69) is 6.92 Å². The minimum atomic E-state index is 0.0333. The SMILES string of the molecule is CC[C@H](N)c1ccccc1OC(C)COC. The van der Waals surface area contributed by atoms with E-state index >= 15 is 0 Å². The van der Waals surface area contributed by atoms with E-state index in [1.807, 2.05) is 31.2 Å². The second-order valence-electron chi connectivity index (χ2n) is 3.94. The molecular formula is C13H21NO2. The Labute approximate surface area is 97.6 Å². The molecule has 0 radical (unpaired) electrons. The van der Waals surface area contributed by atoms with Crippen LogP contribution in [-0.4, -0.2) is 19.8 Å². The molecule has 1 rings (SSSR count). The van der Waals surface area contributed by atoms with Crippen molar-refractivity contribution in [2.24, 2.45) is 5.73 Å². The van der Waals surface area contributed by atoms with Crippen LogP contribution in [0.25, 0.3) is 0 Å². The minimum Gasteiger partial charge on any atom is -0.488 e. The maximum atomic E-state index is 6.03. The molecule has 1 unspecified atom stereocenters. The Morgan fingerprint density at radius 1 is 1.31 bits per heavy atom. The van der Waals surface area contributed by atoms with Crippen molar-refractivity contribution < 1.29 is 9.47 Å². The highest BCUT2D eigenvalue weighted by molar-refractivity contribution is 5.35. The van der Waals surface area contributed by atoms with Crippen molar-refractivity contribution in [1.29, 1.82) is 0 Å². The lowest BCUT2D eigenvalue weighted by molar-refractivity contribution is 0.0911. The normalized spacial score (nSPS) is 14.5. The van der Waals surface area contributed by atoms with Crippen molar-refractivity contribution in [3.63, 3.8) is 0 Å². The number of rotatable bonds is 6. The monoisotopic (exact) mass is 223 g/mol. The summed E-state index contributed by atoms with van der Waals surface area (Å²) in [5, 5.41) is 0. The fourth-order valence-electron chi connectivity index (χ4n) is 1.60. The number of hydrogen-bond acceptors (Lipinski definition) is 3. The Bertz CT molecular complexity index is 315. The zero-order valence-corrected chi connectivity index (χ0v) is 10.3. The van der Waals surface area contributed by atoms with Crippen molar-refractivity contribution in [3.8, 4) is 5.75 Å². The molecular weight excluding hydrogens is 202 g/mol. The molecule has 0 heterocycles. The molecule has 0 aromatic heterocycles. The summed E-state index contributed by atoms with van der Waals surface area (Å²) in [5.74, 6) is 0.862. The lowest BCUT2D eigenvalue weighted by Gasteiger charge is -2.19. The molecule has 3 nitrogen and oxygen atoms in total. The van der Waals surface area contributed by atoms with E-state index in [1.165, 1.54) is 0 Å². The van der Waals surface area contributed by atoms with Gasteiger partial charge in [0, 0.05) is 18.7 Å². The topological polar surface area (TPSA) is 44.5 Å². The first kappa shape index (κ1) is 13.0. The molecule has 0 amide bonds. The highest BCUT2D eigenvalue weighted by Gasteiger charge is 2.12. The van der Waals surface area contributed by atoms with Gasteiger partial charge in [-0.1, -0.05) is 25.1 Å². The average molecular weight is 223 g/mol. The van der Waals surface area contributed by atoms with Crippen LogP contribution in [0, 0.1) is 0 Å². The van der Waals surface area contributed by atoms with Crippen LogP contribution < -0.4 is 10.5 Å². The average Bonchev–Trinajstić information content (AvgIpc) is 2.29. The second kappa shape index (κ2) is 6.51. The molecule has 0 saturated heterocycles. The van der Waals surface area contributed by atoms with Crippen molar-refractivity contribution >= 4 is 0 Å². The van der Waals surface area contributed by atoms with Crippen molar-refractivity contribution in [3.05, 3.63) is 29.8 Å². The summed E-state index contributed by atoms with van der Waals surface area (Å²) in [7, 11) is 1.67. The summed E-state index contributed by atoms with van der Waals surface area (Å²) in [5.41, 5.74) is 7.10. The van der Waals surface area contributed by atoms with Crippen LogP contribution in [0.4, 0.5) is 0 Å². The molecule has 2 N–H and O–H groups in total. The van der Waals surface area contributed by atoms with E-state index < -0.39 is 0 Å². The van der Waals surface area contributed by atoms with E-state index in [-0.39, 0.29) is 12.1 Å². The van der Waals surface area contributed by atoms with Gasteiger partial charge in [0.05, 0.1) is 6.61 Å². The van der Waals surface area contributed by atoms with Crippen LogP contribution in [0.3, 0.4) is 0 Å². The Morgan fingerprint density at radius 2 is 2.00 bits per heavy atom. The summed E-state index contributed by atoms with van der Waals surface area (Å²) in [6, 6.07) is 7.95. The van der Waals surface area contributed by atoms with Gasteiger partial charge in [0.15, 0.2) is 0 Å². The van der Waals surface area contributed by atoms with E-state index in [9.17, 15) is 0 Å². The van der Waals surface area contributed by atoms with Gasteiger partial charge in [-0.15, -0.1) is 0 Å². The zero-order chi connectivity index (χ0) is 12.0. The summed E-state index contributed by atoms with van der Waals surface area (Å²) >= 11 is 0. The first-order valence-electron chi connectivity index (χ1n) is 5.69. The first-order valence-corrected chi connectivity index (χ1v) is 5.69. The van der Waals surface area contributed by atoms with Gasteiger partial charge in [0.1, 0.15) is 11.9 Å². The Balaban J connectivity index is 2.78. The largest absolute Gasteiger partial charge is 0.488 e. The summed E-state index contributed by atoms with van der Waals surface area (Å²) in [6.07, 6.45) is 0.939. The summed E-state index contributed by atoms with van der Waals surface area (Å²) < 4.78 is 10.9. The Kier molecular flexibility index (Phi) is 5.29. The molecule has 0 bridgehead atoms. The quantitative estimate of drug-likeness (QED) is 0.806. The molecule has 1 aromatic carbocycles. The summed E-state index contributed by atoms with van der Waals surface area (Å²) in [4.78, 5) is 0. The van der Waals surface area contributed by atoms with Crippen LogP contribution in [-0.2, 0) is 4.74 Å². The number of nitrogens with two attached hydrogens (primary N) is 1. The lowest BCUT2D eigenvalue weighted by Crippen LogP contribution is -2.20. The molecule has 3 heteroatoms. The molecule has 0 aliphatic carbocycles. The molecule has 0 aliphatic heterocycles. The first-order chi connectivity index (χ1) is 7.69. The Hall–Kier alpha value is -1.06. The highest BCUT2D eigenvalue weighted by atomic mass is 16.5. The third-order valence-electron chi connectivity index (χ3n) is 2.49. The second-order valence-corrected chi connectivity index (χ2v) is 3.94. The minimum absolute atomic E-state index is 0.0333. The maximum absolute atomic E-state index is 6.03. The van der Waals surface area contributed by atoms with E-state index in [0.29, 0.717) is 6.61 Å². The van der Waals surface area contributed by atoms with Gasteiger partial charge in [0.2, 0.25) is 0 Å². The highest BCUT2D eigenvalue weighted by Crippen LogP contribution is 2.26. The zero-order valence-electron chi connectivity index (χ0n) is 10.3. The smallest absolute Gasteiger partial charge is 0.124 e. The number of ether oxygens (including phenoxy) is 2. The van der Waals surface area contributed by atoms with Gasteiger partial charge in [-0.2, -0.15) is 0 Å². The fourth-order valence-corrected chi connectivity index (χ4v) is 1.60. The van der Waals surface area contributed by atoms with Gasteiger partial charge in [0.25, 0.3) is 0 Å². The molecule has 90 valence electrons. The molecule has 0 spiro atoms. The molecule has 16 heavy (non-hydrogen) atoms. The molecule has 0 aliphatic rings. The van der Waals surface area contributed by atoms with Gasteiger partial charge >= 0.3 is 0 Å². The molecule has 2 atom stereocenters. The molecule has 0 saturated carbocycles. The van der Waals surface area contributed by atoms with Gasteiger partial charge in [-0.05, 0) is 19.4 Å². The van der Waals surface area contributed by atoms with Crippen molar-refractivity contribution in [1.82, 2.24) is 0 Å². The predicted molar refractivity (Wildman–Crippen MR) is 65.6 cm³/mol. The van der Waals surface area contributed by atoms with Crippen molar-refractivity contribution in [2.75, 3.05) is 13.7 Å². The van der Waals surface area contributed by atoms with Crippen LogP contribution in [0.1, 0.15) is 31.9 Å². The fraction of sp³-hybridized carbons (Fsp3) is 0.538. The van der Waals surface area contributed by atoms with Crippen molar-refractivity contribution in [2.45, 2.75) is 32.4 Å². The molecule has 1 aromatic rings. The maximum Gasteiger partial charge on any atom is 0.124 e. The molecule has 0 fully saturated rings. The van der Waals surface area contributed by atoms with Crippen LogP contribution in [0.2, 0.25) is 0 Å². The van der Waals surface area contributed by atoms with Gasteiger partial charge in [-0.25, -0.2) is 0 Å². The van der Waals surface area contributed by atoms with Gasteiger partial charge in [-0.3, -0.25) is 0 Å². The third-order valence-corrected chi connectivity index (χ3v) is 2.49. The number of methoxy groups -OCH3 is 1. The van der Waals surface area contributed by atoms with Crippen LogP contribution >= 0.6 is 0 Å². The van der Waals surface area contributed by atoms with E-state index in [4.69, 9.17) is 15.2 Å². The number of benzene rings is 1.